The Bertz CT molecular complexity index is 664. The number of hydrogen-bond donors (Lipinski definition) is 0. The predicted octanol–water partition coefficient (Wildman–Crippen LogP) is 3.01. The van der Waals surface area contributed by atoms with Crippen molar-refractivity contribution < 1.29 is 4.79 Å². The van der Waals surface area contributed by atoms with Crippen LogP contribution < -0.4 is 0 Å². The molecule has 0 N–H and O–H groups in total. The molecule has 2 atom stereocenters. The molecule has 1 saturated carbocycles. The third-order valence-electron chi connectivity index (χ3n) is 4.23. The Morgan fingerprint density at radius 3 is 3.17 bits per heavy atom. The number of hydrogen-bond acceptors (Lipinski definition) is 3. The first-order valence-corrected chi connectivity index (χ1v) is 6.68. The average Bonchev–Trinajstić information content (AvgIpc) is 2.92. The van der Waals surface area contributed by atoms with Crippen molar-refractivity contribution >= 4 is 28.4 Å². The highest BCUT2D eigenvalue weighted by molar-refractivity contribution is 6.28. The highest BCUT2D eigenvalue weighted by atomic mass is 35.5. The van der Waals surface area contributed by atoms with Gasteiger partial charge in [0, 0.05) is 24.0 Å². The van der Waals surface area contributed by atoms with Gasteiger partial charge in [0.25, 0.3) is 0 Å². The summed E-state index contributed by atoms with van der Waals surface area (Å²) in [6.07, 6.45) is 5.86. The van der Waals surface area contributed by atoms with Gasteiger partial charge in [0.1, 0.15) is 5.65 Å². The van der Waals surface area contributed by atoms with Crippen LogP contribution in [0.4, 0.5) is 0 Å². The topological polar surface area (TPSA) is 47.8 Å². The summed E-state index contributed by atoms with van der Waals surface area (Å²) in [6.45, 7) is 0. The van der Waals surface area contributed by atoms with Gasteiger partial charge in [-0.3, -0.25) is 4.79 Å². The molecule has 2 aromatic rings. The van der Waals surface area contributed by atoms with Crippen LogP contribution in [0.3, 0.4) is 0 Å². The first kappa shape index (κ1) is 10.5. The lowest BCUT2D eigenvalue weighted by Crippen LogP contribution is -2.27. The second-order valence-electron chi connectivity index (χ2n) is 5.20. The van der Waals surface area contributed by atoms with Crippen molar-refractivity contribution in [3.8, 4) is 0 Å². The molecule has 0 aromatic carbocycles. The summed E-state index contributed by atoms with van der Waals surface area (Å²) < 4.78 is 2.10. The molecule has 0 saturated heterocycles. The maximum atomic E-state index is 12.2. The Morgan fingerprint density at radius 1 is 1.39 bits per heavy atom. The van der Waals surface area contributed by atoms with Crippen molar-refractivity contribution in [1.82, 2.24) is 14.5 Å². The number of aromatic nitrogens is 3. The van der Waals surface area contributed by atoms with Gasteiger partial charge >= 0.3 is 0 Å². The van der Waals surface area contributed by atoms with E-state index < -0.39 is 0 Å². The standard InChI is InChI=1S/C13H12ClN3O/c14-13-15-6-8-4-10-11(18)5-7-2-1-3-9(7)17(10)12(8)16-13/h4,6-7,9H,1-3,5H2/t7-,9+/m1/s1. The van der Waals surface area contributed by atoms with E-state index in [1.165, 1.54) is 6.42 Å². The summed E-state index contributed by atoms with van der Waals surface area (Å²) in [4.78, 5) is 20.5. The maximum absolute atomic E-state index is 12.2. The number of halogens is 1. The molecule has 0 amide bonds. The van der Waals surface area contributed by atoms with Crippen LogP contribution in [-0.4, -0.2) is 20.3 Å². The lowest BCUT2D eigenvalue weighted by Gasteiger charge is -2.28. The summed E-state index contributed by atoms with van der Waals surface area (Å²) in [5.74, 6) is 0.710. The minimum atomic E-state index is 0.229. The lowest BCUT2D eigenvalue weighted by molar-refractivity contribution is 0.0911. The van der Waals surface area contributed by atoms with E-state index in [0.29, 0.717) is 18.4 Å². The van der Waals surface area contributed by atoms with Gasteiger partial charge in [0.2, 0.25) is 5.28 Å². The van der Waals surface area contributed by atoms with Gasteiger partial charge in [-0.05, 0) is 36.4 Å². The third-order valence-corrected chi connectivity index (χ3v) is 4.41. The SMILES string of the molecule is O=C1C[C@H]2CCC[C@@H]2n2c1cc1cnc(Cl)nc12. The fourth-order valence-corrected chi connectivity index (χ4v) is 3.60. The normalized spacial score (nSPS) is 26.4. The molecule has 1 aliphatic carbocycles. The van der Waals surface area contributed by atoms with Gasteiger partial charge < -0.3 is 4.57 Å². The molecule has 3 heterocycles. The summed E-state index contributed by atoms with van der Waals surface area (Å²) in [6, 6.07) is 2.32. The molecule has 0 unspecified atom stereocenters. The molecule has 1 aliphatic heterocycles. The zero-order valence-corrected chi connectivity index (χ0v) is 10.5. The molecule has 0 bridgehead atoms. The number of carbonyl (C=O) groups is 1. The van der Waals surface area contributed by atoms with Gasteiger partial charge in [0.15, 0.2) is 5.78 Å². The van der Waals surface area contributed by atoms with Crippen LogP contribution in [0.25, 0.3) is 11.0 Å². The lowest BCUT2D eigenvalue weighted by atomic mass is 9.92. The van der Waals surface area contributed by atoms with Gasteiger partial charge in [-0.1, -0.05) is 6.42 Å². The molecule has 2 aliphatic rings. The van der Waals surface area contributed by atoms with Crippen LogP contribution >= 0.6 is 11.6 Å². The minimum absolute atomic E-state index is 0.229. The molecule has 4 nitrogen and oxygen atoms in total. The van der Waals surface area contributed by atoms with E-state index in [1.807, 2.05) is 6.07 Å². The van der Waals surface area contributed by atoms with E-state index in [4.69, 9.17) is 11.6 Å². The minimum Gasteiger partial charge on any atom is -0.319 e. The first-order valence-electron chi connectivity index (χ1n) is 6.31. The molecule has 0 radical (unpaired) electrons. The zero-order valence-electron chi connectivity index (χ0n) is 9.77. The molecule has 0 spiro atoms. The number of ketones is 1. The van der Waals surface area contributed by atoms with E-state index >= 15 is 0 Å². The average molecular weight is 262 g/mol. The number of Topliss-reactive ketones (excluding diaryl/α,β-unsaturated/α-hetero) is 1. The van der Waals surface area contributed by atoms with Crippen molar-refractivity contribution in [1.29, 1.82) is 0 Å². The highest BCUT2D eigenvalue weighted by Gasteiger charge is 2.38. The molecule has 2 aromatic heterocycles. The van der Waals surface area contributed by atoms with Crippen LogP contribution in [0.2, 0.25) is 5.28 Å². The number of carbonyl (C=O) groups excluding carboxylic acids is 1. The van der Waals surface area contributed by atoms with Gasteiger partial charge in [-0.25, -0.2) is 4.98 Å². The molecule has 18 heavy (non-hydrogen) atoms. The molecular formula is C13H12ClN3O. The molecule has 4 rings (SSSR count). The van der Waals surface area contributed by atoms with Crippen molar-refractivity contribution in [2.24, 2.45) is 5.92 Å². The van der Waals surface area contributed by atoms with Crippen LogP contribution in [0.5, 0.6) is 0 Å². The molecule has 92 valence electrons. The third kappa shape index (κ3) is 1.29. The monoisotopic (exact) mass is 261 g/mol. The van der Waals surface area contributed by atoms with Gasteiger partial charge in [-0.15, -0.1) is 0 Å². The van der Waals surface area contributed by atoms with E-state index in [0.717, 1.165) is 29.6 Å². The zero-order chi connectivity index (χ0) is 12.3. The maximum Gasteiger partial charge on any atom is 0.224 e. The van der Waals surface area contributed by atoms with Crippen molar-refractivity contribution in [2.45, 2.75) is 31.7 Å². The Hall–Kier alpha value is -1.42. The molecule has 5 heteroatoms. The van der Waals surface area contributed by atoms with Crippen molar-refractivity contribution in [3.05, 3.63) is 23.2 Å². The van der Waals surface area contributed by atoms with Crippen LogP contribution in [0.15, 0.2) is 12.3 Å². The largest absolute Gasteiger partial charge is 0.319 e. The summed E-state index contributed by atoms with van der Waals surface area (Å²) in [5, 5.41) is 1.16. The number of fused-ring (bicyclic) bond motifs is 5. The first-order chi connectivity index (χ1) is 8.74. The second-order valence-corrected chi connectivity index (χ2v) is 5.54. The van der Waals surface area contributed by atoms with Crippen molar-refractivity contribution in [3.63, 3.8) is 0 Å². The fourth-order valence-electron chi connectivity index (χ4n) is 3.48. The van der Waals surface area contributed by atoms with Crippen LogP contribution in [0, 0.1) is 5.92 Å². The Labute approximate surface area is 109 Å². The van der Waals surface area contributed by atoms with Gasteiger partial charge in [-0.2, -0.15) is 4.98 Å². The van der Waals surface area contributed by atoms with Crippen molar-refractivity contribution in [2.75, 3.05) is 0 Å². The Balaban J connectivity index is 2.04. The highest BCUT2D eigenvalue weighted by Crippen LogP contribution is 2.44. The second kappa shape index (κ2) is 3.54. The van der Waals surface area contributed by atoms with E-state index in [2.05, 4.69) is 14.5 Å². The van der Waals surface area contributed by atoms with Crippen LogP contribution in [-0.2, 0) is 0 Å². The molecular weight excluding hydrogens is 250 g/mol. The predicted molar refractivity (Wildman–Crippen MR) is 67.9 cm³/mol. The number of nitrogens with zero attached hydrogens (tertiary/aromatic N) is 3. The summed E-state index contributed by atoms with van der Waals surface area (Å²) in [7, 11) is 0. The fraction of sp³-hybridized carbons (Fsp3) is 0.462. The molecule has 1 fully saturated rings. The Morgan fingerprint density at radius 2 is 2.28 bits per heavy atom. The van der Waals surface area contributed by atoms with E-state index in [9.17, 15) is 4.79 Å². The van der Waals surface area contributed by atoms with E-state index in [-0.39, 0.29) is 11.1 Å². The smallest absolute Gasteiger partial charge is 0.224 e. The van der Waals surface area contributed by atoms with Gasteiger partial charge in [0.05, 0.1) is 5.69 Å². The van der Waals surface area contributed by atoms with E-state index in [1.54, 1.807) is 6.20 Å². The number of rotatable bonds is 0. The summed E-state index contributed by atoms with van der Waals surface area (Å²) in [5.41, 5.74) is 1.60. The quantitative estimate of drug-likeness (QED) is 0.685. The van der Waals surface area contributed by atoms with Crippen LogP contribution in [0.1, 0.15) is 42.2 Å². The summed E-state index contributed by atoms with van der Waals surface area (Å²) >= 11 is 5.88. The Kier molecular flexibility index (Phi) is 2.07.